The Kier molecular flexibility index (Phi) is 10.9. The first-order chi connectivity index (χ1) is 21.4. The second-order valence-corrected chi connectivity index (χ2v) is 11.8. The van der Waals surface area contributed by atoms with Crippen molar-refractivity contribution in [2.45, 2.75) is 64.5 Å². The highest BCUT2D eigenvalue weighted by molar-refractivity contribution is 5.72. The number of nitrogens with zero attached hydrogens (tertiary/aromatic N) is 1. The summed E-state index contributed by atoms with van der Waals surface area (Å²) in [6, 6.07) is 32.8. The Hall–Kier alpha value is -3.93. The van der Waals surface area contributed by atoms with Gasteiger partial charge in [0, 0.05) is 19.6 Å². The average Bonchev–Trinajstić information content (AvgIpc) is 3.20. The van der Waals surface area contributed by atoms with E-state index in [0.29, 0.717) is 19.6 Å². The molecule has 2 atom stereocenters. The van der Waals surface area contributed by atoms with Crippen LogP contribution in [0.4, 0.5) is 0 Å². The van der Waals surface area contributed by atoms with Gasteiger partial charge < -0.3 is 14.6 Å². The van der Waals surface area contributed by atoms with Crippen molar-refractivity contribution in [1.29, 1.82) is 0 Å². The molecule has 0 radical (unpaired) electrons. The van der Waals surface area contributed by atoms with Crippen LogP contribution in [-0.2, 0) is 48.1 Å². The molecule has 5 rings (SSSR count). The lowest BCUT2D eigenvalue weighted by Crippen LogP contribution is -2.30. The van der Waals surface area contributed by atoms with E-state index in [4.69, 9.17) is 9.47 Å². The molecule has 0 saturated carbocycles. The monoisotopic (exact) mass is 591 g/mol. The molecule has 4 aromatic carbocycles. The van der Waals surface area contributed by atoms with Crippen molar-refractivity contribution in [2.24, 2.45) is 0 Å². The van der Waals surface area contributed by atoms with Gasteiger partial charge in [0.1, 0.15) is 12.4 Å². The number of hydrogen-bond acceptors (Lipinski definition) is 4. The van der Waals surface area contributed by atoms with Crippen molar-refractivity contribution in [1.82, 2.24) is 4.90 Å². The highest BCUT2D eigenvalue weighted by atomic mass is 16.5. The Labute approximate surface area is 262 Å². The lowest BCUT2D eigenvalue weighted by atomic mass is 9.90. The van der Waals surface area contributed by atoms with E-state index >= 15 is 0 Å². The molecule has 0 fully saturated rings. The first-order valence-corrected chi connectivity index (χ1v) is 16.0. The standard InChI is InChI=1S/C39H45NO4/c1-4-28-13-17-32-18-19-33-25-30(12-11-29-9-7-6-8-10-29)16-22-35(33)38(36(32)26-28)40(3)23-24-44-34-20-14-31(15-21-34)27-37(39(41)42)43-5-2/h6-10,13-17,20-22,25-26,37-38H,4-5,11-12,18-19,23-24,27H2,1-3H3,(H,41,42). The van der Waals surface area contributed by atoms with E-state index in [1.807, 2.05) is 31.2 Å². The van der Waals surface area contributed by atoms with Crippen LogP contribution in [0.15, 0.2) is 91.0 Å². The molecule has 0 heterocycles. The number of likely N-dealkylation sites (N-methyl/N-ethyl adjacent to an activating group) is 1. The number of carbonyl (C=O) groups is 1. The number of aliphatic carboxylic acids is 1. The maximum absolute atomic E-state index is 11.5. The van der Waals surface area contributed by atoms with Crippen molar-refractivity contribution in [3.05, 3.63) is 136 Å². The molecule has 1 aliphatic rings. The summed E-state index contributed by atoms with van der Waals surface area (Å²) in [4.78, 5) is 13.9. The third-order valence-electron chi connectivity index (χ3n) is 8.77. The second-order valence-electron chi connectivity index (χ2n) is 11.8. The largest absolute Gasteiger partial charge is 0.492 e. The van der Waals surface area contributed by atoms with Crippen molar-refractivity contribution in [3.63, 3.8) is 0 Å². The summed E-state index contributed by atoms with van der Waals surface area (Å²) < 4.78 is 11.5. The molecule has 44 heavy (non-hydrogen) atoms. The molecule has 0 bridgehead atoms. The van der Waals surface area contributed by atoms with Crippen LogP contribution >= 0.6 is 0 Å². The van der Waals surface area contributed by atoms with E-state index in [9.17, 15) is 9.90 Å². The SMILES string of the molecule is CCOC(Cc1ccc(OCCN(C)C2c3ccc(CCc4ccccc4)cc3CCc3ccc(CC)cc32)cc1)C(=O)O. The molecule has 0 aliphatic heterocycles. The third-order valence-corrected chi connectivity index (χ3v) is 8.77. The summed E-state index contributed by atoms with van der Waals surface area (Å²) in [5, 5.41) is 9.39. The topological polar surface area (TPSA) is 59.0 Å². The second kappa shape index (κ2) is 15.2. The summed E-state index contributed by atoms with van der Waals surface area (Å²) in [5.74, 6) is -0.158. The molecule has 0 saturated heterocycles. The van der Waals surface area contributed by atoms with E-state index in [-0.39, 0.29) is 6.04 Å². The summed E-state index contributed by atoms with van der Waals surface area (Å²) >= 11 is 0. The fourth-order valence-electron chi connectivity index (χ4n) is 6.28. The number of hydrogen-bond donors (Lipinski definition) is 1. The zero-order chi connectivity index (χ0) is 30.9. The molecule has 0 spiro atoms. The number of benzene rings is 4. The summed E-state index contributed by atoms with van der Waals surface area (Å²) in [5.41, 5.74) is 10.8. The first-order valence-electron chi connectivity index (χ1n) is 16.0. The third kappa shape index (κ3) is 7.96. The number of ether oxygens (including phenoxy) is 2. The predicted octanol–water partition coefficient (Wildman–Crippen LogP) is 7.27. The molecule has 5 heteroatoms. The number of aryl methyl sites for hydroxylation is 5. The Morgan fingerprint density at radius 1 is 0.818 bits per heavy atom. The maximum atomic E-state index is 11.5. The van der Waals surface area contributed by atoms with Crippen LogP contribution in [0.25, 0.3) is 0 Å². The van der Waals surface area contributed by atoms with Crippen LogP contribution in [-0.4, -0.2) is 48.9 Å². The summed E-state index contributed by atoms with van der Waals surface area (Å²) in [6.45, 7) is 5.72. The fourth-order valence-corrected chi connectivity index (χ4v) is 6.28. The van der Waals surface area contributed by atoms with Crippen LogP contribution in [0.2, 0.25) is 0 Å². The van der Waals surface area contributed by atoms with Gasteiger partial charge in [-0.1, -0.05) is 85.8 Å². The zero-order valence-corrected chi connectivity index (χ0v) is 26.3. The first kappa shape index (κ1) is 31.5. The molecule has 4 aromatic rings. The van der Waals surface area contributed by atoms with Gasteiger partial charge in [0.05, 0.1) is 6.04 Å². The lowest BCUT2D eigenvalue weighted by Gasteiger charge is -2.31. The average molecular weight is 592 g/mol. The maximum Gasteiger partial charge on any atom is 0.333 e. The smallest absolute Gasteiger partial charge is 0.333 e. The molecule has 1 N–H and O–H groups in total. The molecule has 1 aliphatic carbocycles. The van der Waals surface area contributed by atoms with Crippen molar-refractivity contribution >= 4 is 5.97 Å². The van der Waals surface area contributed by atoms with Crippen LogP contribution in [0.1, 0.15) is 64.4 Å². The predicted molar refractivity (Wildman–Crippen MR) is 177 cm³/mol. The number of carboxylic acids is 1. The van der Waals surface area contributed by atoms with Gasteiger partial charge in [0.2, 0.25) is 0 Å². The van der Waals surface area contributed by atoms with Gasteiger partial charge in [0.15, 0.2) is 6.10 Å². The molecular formula is C39H45NO4. The van der Waals surface area contributed by atoms with Crippen LogP contribution in [0, 0.1) is 0 Å². The van der Waals surface area contributed by atoms with Gasteiger partial charge in [-0.2, -0.15) is 0 Å². The highest BCUT2D eigenvalue weighted by Crippen LogP contribution is 2.37. The van der Waals surface area contributed by atoms with Crippen molar-refractivity contribution in [2.75, 3.05) is 26.8 Å². The van der Waals surface area contributed by atoms with E-state index < -0.39 is 12.1 Å². The lowest BCUT2D eigenvalue weighted by molar-refractivity contribution is -0.149. The van der Waals surface area contributed by atoms with Gasteiger partial charge in [0.25, 0.3) is 0 Å². The molecule has 2 unspecified atom stereocenters. The highest BCUT2D eigenvalue weighted by Gasteiger charge is 2.27. The minimum atomic E-state index is -0.939. The molecular weight excluding hydrogens is 546 g/mol. The Bertz CT molecular complexity index is 1520. The Morgan fingerprint density at radius 3 is 2.25 bits per heavy atom. The fraction of sp³-hybridized carbons (Fsp3) is 0.359. The van der Waals surface area contributed by atoms with E-state index in [0.717, 1.165) is 50.0 Å². The van der Waals surface area contributed by atoms with E-state index in [1.54, 1.807) is 0 Å². The van der Waals surface area contributed by atoms with Gasteiger partial charge in [-0.25, -0.2) is 4.79 Å². The van der Waals surface area contributed by atoms with Gasteiger partial charge in [-0.05, 0) is 103 Å². The number of rotatable bonds is 14. The van der Waals surface area contributed by atoms with Gasteiger partial charge in [-0.15, -0.1) is 0 Å². The minimum absolute atomic E-state index is 0.162. The van der Waals surface area contributed by atoms with Crippen molar-refractivity contribution in [3.8, 4) is 5.75 Å². The molecule has 5 nitrogen and oxygen atoms in total. The van der Waals surface area contributed by atoms with Crippen molar-refractivity contribution < 1.29 is 19.4 Å². The molecule has 0 amide bonds. The zero-order valence-electron chi connectivity index (χ0n) is 26.3. The normalized spacial score (nSPS) is 14.9. The minimum Gasteiger partial charge on any atom is -0.492 e. The molecule has 0 aromatic heterocycles. The number of carboxylic acid groups (broad SMARTS) is 1. The van der Waals surface area contributed by atoms with E-state index in [1.165, 1.54) is 38.9 Å². The molecule has 230 valence electrons. The van der Waals surface area contributed by atoms with Crippen LogP contribution in [0.3, 0.4) is 0 Å². The Balaban J connectivity index is 1.29. The Morgan fingerprint density at radius 2 is 1.52 bits per heavy atom. The quantitative estimate of drug-likeness (QED) is 0.167. The van der Waals surface area contributed by atoms with Gasteiger partial charge in [-0.3, -0.25) is 4.90 Å². The van der Waals surface area contributed by atoms with E-state index in [2.05, 4.69) is 85.6 Å². The summed E-state index contributed by atoms with van der Waals surface area (Å²) in [7, 11) is 2.21. The van der Waals surface area contributed by atoms with Gasteiger partial charge >= 0.3 is 5.97 Å². The summed E-state index contributed by atoms with van der Waals surface area (Å²) in [6.07, 6.45) is 4.71. The van der Waals surface area contributed by atoms with Crippen LogP contribution in [0.5, 0.6) is 5.75 Å². The number of fused-ring (bicyclic) bond motifs is 2. The van der Waals surface area contributed by atoms with Crippen LogP contribution < -0.4 is 4.74 Å².